The third-order valence-electron chi connectivity index (χ3n) is 3.49. The summed E-state index contributed by atoms with van der Waals surface area (Å²) in [6.07, 6.45) is 0. The van der Waals surface area contributed by atoms with Crippen LogP contribution < -0.4 is 10.6 Å². The summed E-state index contributed by atoms with van der Waals surface area (Å²) in [5, 5.41) is 14.6. The Hall–Kier alpha value is -2.84. The van der Waals surface area contributed by atoms with E-state index in [0.29, 0.717) is 22.0 Å². The van der Waals surface area contributed by atoms with Gasteiger partial charge >= 0.3 is 0 Å². The van der Waals surface area contributed by atoms with Gasteiger partial charge in [-0.25, -0.2) is 0 Å². The van der Waals surface area contributed by atoms with Crippen molar-refractivity contribution in [3.05, 3.63) is 59.1 Å². The first-order valence-electron chi connectivity index (χ1n) is 7.21. The van der Waals surface area contributed by atoms with Crippen molar-refractivity contribution in [2.24, 2.45) is 5.41 Å². The van der Waals surface area contributed by atoms with Crippen LogP contribution in [0.2, 0.25) is 5.02 Å². The number of anilines is 2. The van der Waals surface area contributed by atoms with Crippen LogP contribution in [0.1, 0.15) is 19.4 Å². The summed E-state index contributed by atoms with van der Waals surface area (Å²) in [5.74, 6) is -0.900. The van der Waals surface area contributed by atoms with Crippen LogP contribution in [-0.2, 0) is 9.59 Å². The summed E-state index contributed by atoms with van der Waals surface area (Å²) >= 11 is 5.88. The van der Waals surface area contributed by atoms with Crippen LogP contribution in [0.25, 0.3) is 0 Å². The van der Waals surface area contributed by atoms with E-state index < -0.39 is 17.2 Å². The van der Waals surface area contributed by atoms with Gasteiger partial charge in [0.2, 0.25) is 11.8 Å². The van der Waals surface area contributed by atoms with E-state index >= 15 is 0 Å². The van der Waals surface area contributed by atoms with Crippen molar-refractivity contribution in [3.8, 4) is 6.07 Å². The predicted octanol–water partition coefficient (Wildman–Crippen LogP) is 3.82. The largest absolute Gasteiger partial charge is 0.325 e. The summed E-state index contributed by atoms with van der Waals surface area (Å²) in [4.78, 5) is 24.8. The fraction of sp³-hybridized carbons (Fsp3) is 0.167. The van der Waals surface area contributed by atoms with Gasteiger partial charge in [0.15, 0.2) is 0 Å². The quantitative estimate of drug-likeness (QED) is 0.829. The second-order valence-corrected chi connectivity index (χ2v) is 6.17. The third kappa shape index (κ3) is 4.12. The highest BCUT2D eigenvalue weighted by molar-refractivity contribution is 6.31. The van der Waals surface area contributed by atoms with Gasteiger partial charge in [-0.3, -0.25) is 9.59 Å². The molecule has 2 rings (SSSR count). The molecule has 0 aromatic heterocycles. The van der Waals surface area contributed by atoms with E-state index in [4.69, 9.17) is 16.9 Å². The Kier molecular flexibility index (Phi) is 5.22. The SMILES string of the molecule is CC(C)(C(=O)Nc1ccc(C#N)cc1)C(=O)Nc1cccc(Cl)c1. The maximum atomic E-state index is 12.4. The topological polar surface area (TPSA) is 82.0 Å². The maximum Gasteiger partial charge on any atom is 0.239 e. The molecule has 2 amide bonds. The van der Waals surface area contributed by atoms with Crippen LogP contribution >= 0.6 is 11.6 Å². The molecule has 2 N–H and O–H groups in total. The van der Waals surface area contributed by atoms with E-state index in [0.717, 1.165) is 0 Å². The lowest BCUT2D eigenvalue weighted by Crippen LogP contribution is -2.41. The smallest absolute Gasteiger partial charge is 0.239 e. The van der Waals surface area contributed by atoms with Crippen LogP contribution in [0.15, 0.2) is 48.5 Å². The first kappa shape index (κ1) is 17.5. The lowest BCUT2D eigenvalue weighted by atomic mass is 9.90. The van der Waals surface area contributed by atoms with Crippen molar-refractivity contribution in [3.63, 3.8) is 0 Å². The van der Waals surface area contributed by atoms with Crippen LogP contribution in [0.3, 0.4) is 0 Å². The molecule has 0 bridgehead atoms. The zero-order valence-electron chi connectivity index (χ0n) is 13.3. The molecule has 122 valence electrons. The predicted molar refractivity (Wildman–Crippen MR) is 93.6 cm³/mol. The average Bonchev–Trinajstić information content (AvgIpc) is 2.55. The van der Waals surface area contributed by atoms with Gasteiger partial charge < -0.3 is 10.6 Å². The van der Waals surface area contributed by atoms with Crippen molar-refractivity contribution in [1.29, 1.82) is 5.26 Å². The van der Waals surface area contributed by atoms with Crippen molar-refractivity contribution in [2.75, 3.05) is 10.6 Å². The minimum absolute atomic E-state index is 0.448. The number of halogens is 1. The Balaban J connectivity index is 2.08. The van der Waals surface area contributed by atoms with Gasteiger partial charge in [0.1, 0.15) is 5.41 Å². The summed E-state index contributed by atoms with van der Waals surface area (Å²) in [7, 11) is 0. The number of hydrogen-bond donors (Lipinski definition) is 2. The van der Waals surface area contributed by atoms with Crippen molar-refractivity contribution in [2.45, 2.75) is 13.8 Å². The van der Waals surface area contributed by atoms with E-state index in [-0.39, 0.29) is 0 Å². The van der Waals surface area contributed by atoms with Crippen LogP contribution in [-0.4, -0.2) is 11.8 Å². The highest BCUT2D eigenvalue weighted by atomic mass is 35.5. The number of nitrogens with zero attached hydrogens (tertiary/aromatic N) is 1. The second-order valence-electron chi connectivity index (χ2n) is 5.73. The molecule has 2 aromatic rings. The number of carbonyl (C=O) groups excluding carboxylic acids is 2. The fourth-order valence-electron chi connectivity index (χ4n) is 1.87. The first-order valence-corrected chi connectivity index (χ1v) is 7.59. The Morgan fingerprint density at radius 3 is 2.12 bits per heavy atom. The number of hydrogen-bond acceptors (Lipinski definition) is 3. The Bertz CT molecular complexity index is 808. The number of benzene rings is 2. The average molecular weight is 342 g/mol. The molecule has 0 aliphatic rings. The number of amides is 2. The van der Waals surface area contributed by atoms with E-state index in [9.17, 15) is 9.59 Å². The van der Waals surface area contributed by atoms with Gasteiger partial charge in [-0.2, -0.15) is 5.26 Å². The molecular formula is C18H16ClN3O2. The van der Waals surface area contributed by atoms with Crippen LogP contribution in [0, 0.1) is 16.7 Å². The molecule has 0 atom stereocenters. The molecular weight excluding hydrogens is 326 g/mol. The number of rotatable bonds is 4. The molecule has 0 radical (unpaired) electrons. The zero-order chi connectivity index (χ0) is 17.7. The molecule has 2 aromatic carbocycles. The first-order chi connectivity index (χ1) is 11.3. The minimum atomic E-state index is -1.30. The van der Waals surface area contributed by atoms with Crippen LogP contribution in [0.5, 0.6) is 0 Å². The van der Waals surface area contributed by atoms with Crippen molar-refractivity contribution in [1.82, 2.24) is 0 Å². The second kappa shape index (κ2) is 7.16. The van der Waals surface area contributed by atoms with Gasteiger partial charge in [-0.05, 0) is 56.3 Å². The summed E-state index contributed by atoms with van der Waals surface area (Å²) in [6.45, 7) is 3.07. The normalized spacial score (nSPS) is 10.6. The maximum absolute atomic E-state index is 12.4. The van der Waals surface area contributed by atoms with Crippen LogP contribution in [0.4, 0.5) is 11.4 Å². The molecule has 0 unspecified atom stereocenters. The Morgan fingerprint density at radius 2 is 1.58 bits per heavy atom. The molecule has 5 nitrogen and oxygen atoms in total. The lowest BCUT2D eigenvalue weighted by Gasteiger charge is -2.22. The summed E-state index contributed by atoms with van der Waals surface area (Å²) in [6, 6.07) is 15.1. The van der Waals surface area contributed by atoms with Crippen molar-refractivity contribution < 1.29 is 9.59 Å². The van der Waals surface area contributed by atoms with E-state index in [1.807, 2.05) is 6.07 Å². The van der Waals surface area contributed by atoms with Gasteiger partial charge in [0.25, 0.3) is 0 Å². The molecule has 0 saturated heterocycles. The van der Waals surface area contributed by atoms with Gasteiger partial charge in [-0.1, -0.05) is 17.7 Å². The number of nitriles is 1. The zero-order valence-corrected chi connectivity index (χ0v) is 14.0. The van der Waals surface area contributed by atoms with Gasteiger partial charge in [0.05, 0.1) is 11.6 Å². The molecule has 0 aliphatic heterocycles. The third-order valence-corrected chi connectivity index (χ3v) is 3.72. The molecule has 0 heterocycles. The van der Waals surface area contributed by atoms with E-state index in [2.05, 4.69) is 10.6 Å². The summed E-state index contributed by atoms with van der Waals surface area (Å²) < 4.78 is 0. The van der Waals surface area contributed by atoms with E-state index in [1.165, 1.54) is 13.8 Å². The molecule has 0 spiro atoms. The highest BCUT2D eigenvalue weighted by Gasteiger charge is 2.36. The number of carbonyl (C=O) groups is 2. The highest BCUT2D eigenvalue weighted by Crippen LogP contribution is 2.23. The minimum Gasteiger partial charge on any atom is -0.325 e. The lowest BCUT2D eigenvalue weighted by molar-refractivity contribution is -0.135. The van der Waals surface area contributed by atoms with Gasteiger partial charge in [-0.15, -0.1) is 0 Å². The molecule has 24 heavy (non-hydrogen) atoms. The van der Waals surface area contributed by atoms with E-state index in [1.54, 1.807) is 48.5 Å². The molecule has 6 heteroatoms. The molecule has 0 fully saturated rings. The molecule has 0 aliphatic carbocycles. The monoisotopic (exact) mass is 341 g/mol. The Labute approximate surface area is 145 Å². The standard InChI is InChI=1S/C18H16ClN3O2/c1-18(2,17(24)22-15-5-3-4-13(19)10-15)16(23)21-14-8-6-12(11-20)7-9-14/h3-10H,1-2H3,(H,21,23)(H,22,24). The van der Waals surface area contributed by atoms with Gasteiger partial charge in [0, 0.05) is 16.4 Å². The fourth-order valence-corrected chi connectivity index (χ4v) is 2.06. The summed E-state index contributed by atoms with van der Waals surface area (Å²) in [5.41, 5.74) is 0.233. The molecule has 0 saturated carbocycles. The Morgan fingerprint density at radius 1 is 1.00 bits per heavy atom. The number of nitrogens with one attached hydrogen (secondary N) is 2. The van der Waals surface area contributed by atoms with Crippen molar-refractivity contribution >= 4 is 34.8 Å².